The first-order chi connectivity index (χ1) is 12.6. The number of fused-ring (bicyclic) bond motifs is 1. The summed E-state index contributed by atoms with van der Waals surface area (Å²) in [6.07, 6.45) is 6.98. The van der Waals surface area contributed by atoms with Crippen LogP contribution in [0.25, 0.3) is 22.0 Å². The van der Waals surface area contributed by atoms with Gasteiger partial charge in [-0.05, 0) is 37.3 Å². The first-order valence-corrected chi connectivity index (χ1v) is 8.42. The van der Waals surface area contributed by atoms with E-state index in [0.717, 1.165) is 24.4 Å². The van der Waals surface area contributed by atoms with Gasteiger partial charge in [0.2, 0.25) is 6.41 Å². The first kappa shape index (κ1) is 16.4. The summed E-state index contributed by atoms with van der Waals surface area (Å²) in [6, 6.07) is 3.40. The van der Waals surface area contributed by atoms with E-state index >= 15 is 0 Å². The summed E-state index contributed by atoms with van der Waals surface area (Å²) in [6.45, 7) is 2.23. The van der Waals surface area contributed by atoms with Crippen molar-refractivity contribution in [1.82, 2.24) is 14.5 Å². The topological polar surface area (TPSA) is 76.9 Å². The van der Waals surface area contributed by atoms with Crippen molar-refractivity contribution < 1.29 is 9.18 Å². The second kappa shape index (κ2) is 6.33. The molecule has 7 heteroatoms. The highest BCUT2D eigenvalue weighted by molar-refractivity contribution is 5.87. The van der Waals surface area contributed by atoms with Crippen LogP contribution in [0.15, 0.2) is 35.5 Å². The Morgan fingerprint density at radius 2 is 2.08 bits per heavy atom. The fourth-order valence-electron chi connectivity index (χ4n) is 3.12. The first-order valence-electron chi connectivity index (χ1n) is 8.42. The maximum Gasteiger partial charge on any atom is 0.259 e. The van der Waals surface area contributed by atoms with Crippen LogP contribution < -0.4 is 10.9 Å². The van der Waals surface area contributed by atoms with E-state index in [0.29, 0.717) is 46.9 Å². The Morgan fingerprint density at radius 1 is 1.27 bits per heavy atom. The van der Waals surface area contributed by atoms with E-state index in [1.165, 1.54) is 6.20 Å². The lowest BCUT2D eigenvalue weighted by molar-refractivity contribution is -0.105. The molecule has 0 aliphatic heterocycles. The lowest BCUT2D eigenvalue weighted by atomic mass is 10.0. The van der Waals surface area contributed by atoms with Gasteiger partial charge in [0.1, 0.15) is 11.6 Å². The van der Waals surface area contributed by atoms with Gasteiger partial charge in [-0.2, -0.15) is 0 Å². The molecule has 26 heavy (non-hydrogen) atoms. The summed E-state index contributed by atoms with van der Waals surface area (Å²) in [4.78, 5) is 32.0. The molecule has 1 saturated carbocycles. The molecule has 1 N–H and O–H groups in total. The number of hydrogen-bond donors (Lipinski definition) is 1. The minimum atomic E-state index is -0.445. The Hall–Kier alpha value is -3.09. The molecule has 0 atom stereocenters. The van der Waals surface area contributed by atoms with E-state index in [-0.39, 0.29) is 5.56 Å². The molecule has 1 aliphatic rings. The van der Waals surface area contributed by atoms with Crippen molar-refractivity contribution in [3.63, 3.8) is 0 Å². The molecule has 4 rings (SSSR count). The van der Waals surface area contributed by atoms with Gasteiger partial charge in [0.25, 0.3) is 5.56 Å². The van der Waals surface area contributed by atoms with E-state index < -0.39 is 5.82 Å². The zero-order chi connectivity index (χ0) is 18.3. The molecule has 0 spiro atoms. The van der Waals surface area contributed by atoms with E-state index in [2.05, 4.69) is 15.3 Å². The summed E-state index contributed by atoms with van der Waals surface area (Å²) in [5.41, 5.74) is 1.79. The third-order valence-electron chi connectivity index (χ3n) is 4.77. The molecule has 3 heterocycles. The molecule has 1 amide bonds. The van der Waals surface area contributed by atoms with Crippen molar-refractivity contribution in [3.05, 3.63) is 52.5 Å². The summed E-state index contributed by atoms with van der Waals surface area (Å²) in [7, 11) is 0. The molecule has 1 fully saturated rings. The highest BCUT2D eigenvalue weighted by atomic mass is 19.1. The van der Waals surface area contributed by atoms with E-state index in [1.54, 1.807) is 29.8 Å². The van der Waals surface area contributed by atoms with Gasteiger partial charge in [-0.25, -0.2) is 9.37 Å². The van der Waals surface area contributed by atoms with E-state index in [4.69, 9.17) is 0 Å². The summed E-state index contributed by atoms with van der Waals surface area (Å²) in [5, 5.41) is 3.26. The quantitative estimate of drug-likeness (QED) is 0.716. The average molecular weight is 352 g/mol. The van der Waals surface area contributed by atoms with Crippen LogP contribution in [0.1, 0.15) is 18.4 Å². The zero-order valence-electron chi connectivity index (χ0n) is 14.2. The van der Waals surface area contributed by atoms with Crippen LogP contribution in [0.3, 0.4) is 0 Å². The Labute approximate surface area is 148 Å². The van der Waals surface area contributed by atoms with Crippen molar-refractivity contribution in [2.45, 2.75) is 26.3 Å². The minimum absolute atomic E-state index is 0.192. The SMILES string of the molecule is Cc1c(F)cncc1-c1cc2cnc(NC=O)cc2n(CC2CC2)c1=O. The molecule has 132 valence electrons. The minimum Gasteiger partial charge on any atom is -0.313 e. The maximum atomic E-state index is 13.9. The monoisotopic (exact) mass is 352 g/mol. The number of nitrogens with zero attached hydrogens (tertiary/aromatic N) is 3. The fraction of sp³-hybridized carbons (Fsp3) is 0.263. The molecule has 0 radical (unpaired) electrons. The van der Waals surface area contributed by atoms with Crippen LogP contribution in [0.4, 0.5) is 10.2 Å². The van der Waals surface area contributed by atoms with Gasteiger partial charge >= 0.3 is 0 Å². The molecule has 0 aromatic carbocycles. The number of carbonyl (C=O) groups excluding carboxylic acids is 1. The lowest BCUT2D eigenvalue weighted by Gasteiger charge is -2.14. The fourth-order valence-corrected chi connectivity index (χ4v) is 3.12. The summed E-state index contributed by atoms with van der Waals surface area (Å²) >= 11 is 0. The largest absolute Gasteiger partial charge is 0.313 e. The number of rotatable bonds is 5. The van der Waals surface area contributed by atoms with Crippen molar-refractivity contribution in [2.24, 2.45) is 5.92 Å². The average Bonchev–Trinajstić information content (AvgIpc) is 3.45. The van der Waals surface area contributed by atoms with Gasteiger partial charge in [0.15, 0.2) is 0 Å². The lowest BCUT2D eigenvalue weighted by Crippen LogP contribution is -2.23. The number of carbonyl (C=O) groups is 1. The van der Waals surface area contributed by atoms with Crippen LogP contribution in [0.2, 0.25) is 0 Å². The van der Waals surface area contributed by atoms with Crippen LogP contribution in [-0.2, 0) is 11.3 Å². The molecule has 6 nitrogen and oxygen atoms in total. The number of aromatic nitrogens is 3. The number of nitrogens with one attached hydrogen (secondary N) is 1. The molecular formula is C19H17FN4O2. The standard InChI is InChI=1S/C19H17FN4O2/c1-11-15(7-21-8-16(11)20)14-4-13-6-22-18(23-10-25)5-17(13)24(19(14)26)9-12-2-3-12/h4-8,10,12H,2-3,9H2,1H3,(H,22,23,25). The third kappa shape index (κ3) is 2.85. The van der Waals surface area contributed by atoms with Crippen molar-refractivity contribution >= 4 is 23.1 Å². The number of halogens is 1. The number of anilines is 1. The van der Waals surface area contributed by atoms with E-state index in [1.807, 2.05) is 0 Å². The number of amides is 1. The van der Waals surface area contributed by atoms with E-state index in [9.17, 15) is 14.0 Å². The second-order valence-corrected chi connectivity index (χ2v) is 6.60. The van der Waals surface area contributed by atoms with Crippen LogP contribution >= 0.6 is 0 Å². The molecule has 0 unspecified atom stereocenters. The third-order valence-corrected chi connectivity index (χ3v) is 4.77. The Kier molecular flexibility index (Phi) is 3.99. The smallest absolute Gasteiger partial charge is 0.259 e. The van der Waals surface area contributed by atoms with Crippen molar-refractivity contribution in [3.8, 4) is 11.1 Å². The summed E-state index contributed by atoms with van der Waals surface area (Å²) in [5.74, 6) is 0.403. The van der Waals surface area contributed by atoms with Gasteiger partial charge in [-0.3, -0.25) is 14.6 Å². The van der Waals surface area contributed by atoms with Gasteiger partial charge in [0, 0.05) is 41.5 Å². The van der Waals surface area contributed by atoms with Gasteiger partial charge in [-0.15, -0.1) is 0 Å². The Balaban J connectivity index is 1.98. The summed E-state index contributed by atoms with van der Waals surface area (Å²) < 4.78 is 15.6. The molecule has 0 saturated heterocycles. The molecular weight excluding hydrogens is 335 g/mol. The second-order valence-electron chi connectivity index (χ2n) is 6.60. The van der Waals surface area contributed by atoms with Crippen LogP contribution in [0.5, 0.6) is 0 Å². The molecule has 0 bridgehead atoms. The number of pyridine rings is 3. The predicted molar refractivity (Wildman–Crippen MR) is 96.3 cm³/mol. The highest BCUT2D eigenvalue weighted by Crippen LogP contribution is 2.32. The van der Waals surface area contributed by atoms with Crippen LogP contribution in [-0.4, -0.2) is 20.9 Å². The normalized spacial score (nSPS) is 13.8. The van der Waals surface area contributed by atoms with Gasteiger partial charge in [-0.1, -0.05) is 0 Å². The molecule has 3 aromatic rings. The highest BCUT2D eigenvalue weighted by Gasteiger charge is 2.24. The zero-order valence-corrected chi connectivity index (χ0v) is 14.2. The van der Waals surface area contributed by atoms with Gasteiger partial charge in [0.05, 0.1) is 11.7 Å². The van der Waals surface area contributed by atoms with Gasteiger partial charge < -0.3 is 9.88 Å². The molecule has 1 aliphatic carbocycles. The molecule has 3 aromatic heterocycles. The van der Waals surface area contributed by atoms with Crippen LogP contribution in [0, 0.1) is 18.7 Å². The van der Waals surface area contributed by atoms with Crippen molar-refractivity contribution in [2.75, 3.05) is 5.32 Å². The van der Waals surface area contributed by atoms with Crippen molar-refractivity contribution in [1.29, 1.82) is 0 Å². The number of hydrogen-bond acceptors (Lipinski definition) is 4. The maximum absolute atomic E-state index is 13.9. The predicted octanol–water partition coefficient (Wildman–Crippen LogP) is 2.88. The Bertz CT molecular complexity index is 1070. The Morgan fingerprint density at radius 3 is 2.81 bits per heavy atom.